The van der Waals surface area contributed by atoms with Crippen LogP contribution in [0.4, 0.5) is 10.7 Å². The van der Waals surface area contributed by atoms with Crippen molar-refractivity contribution in [2.24, 2.45) is 4.99 Å². The van der Waals surface area contributed by atoms with Gasteiger partial charge in [-0.1, -0.05) is 0 Å². The van der Waals surface area contributed by atoms with Gasteiger partial charge in [-0.2, -0.15) is 0 Å². The second-order valence-electron chi connectivity index (χ2n) is 7.81. The van der Waals surface area contributed by atoms with Crippen LogP contribution < -0.4 is 9.64 Å². The van der Waals surface area contributed by atoms with Crippen molar-refractivity contribution < 1.29 is 14.6 Å². The topological polar surface area (TPSA) is 62.1 Å². The summed E-state index contributed by atoms with van der Waals surface area (Å²) in [5.74, 6) is 0.979. The van der Waals surface area contributed by atoms with Crippen molar-refractivity contribution in [2.45, 2.75) is 45.3 Å². The van der Waals surface area contributed by atoms with Crippen LogP contribution in [0, 0.1) is 6.92 Å². The van der Waals surface area contributed by atoms with E-state index in [2.05, 4.69) is 4.99 Å². The fourth-order valence-corrected chi connectivity index (χ4v) is 4.32. The van der Waals surface area contributed by atoms with E-state index >= 15 is 0 Å². The highest BCUT2D eigenvalue weighted by Crippen LogP contribution is 2.43. The molecular formula is C20H22N2O3S. The van der Waals surface area contributed by atoms with Crippen LogP contribution in [0.2, 0.25) is 0 Å². The normalized spacial score (nSPS) is 22.1. The number of thiophene rings is 1. The molecule has 0 bridgehead atoms. The standard InChI is InChI=1S/C20H22N2O3S/c1-12-11-15-16(23)20(24)9-10-22(18(20)21-17(15)26-12)13-5-7-14(8-6-13)25-19(2,3)4/h5-8,11,24H,9-10H2,1-4H3. The Hall–Kier alpha value is -2.18. The van der Waals surface area contributed by atoms with Crippen molar-refractivity contribution >= 4 is 33.6 Å². The molecule has 2 aliphatic heterocycles. The van der Waals surface area contributed by atoms with Crippen LogP contribution in [0.25, 0.3) is 0 Å². The Morgan fingerprint density at radius 3 is 2.62 bits per heavy atom. The number of hydrogen-bond acceptors (Lipinski definition) is 6. The van der Waals surface area contributed by atoms with E-state index in [-0.39, 0.29) is 11.4 Å². The molecule has 1 N–H and O–H groups in total. The highest BCUT2D eigenvalue weighted by molar-refractivity contribution is 7.16. The number of Topliss-reactive ketones (excluding diaryl/α,β-unsaturated/α-hetero) is 1. The summed E-state index contributed by atoms with van der Waals surface area (Å²) < 4.78 is 5.86. The maximum atomic E-state index is 12.9. The molecule has 5 nitrogen and oxygen atoms in total. The Kier molecular flexibility index (Phi) is 3.75. The van der Waals surface area contributed by atoms with Crippen LogP contribution in [0.5, 0.6) is 5.75 Å². The fourth-order valence-electron chi connectivity index (χ4n) is 3.45. The molecule has 0 spiro atoms. The van der Waals surface area contributed by atoms with Crippen molar-refractivity contribution in [3.8, 4) is 5.75 Å². The quantitative estimate of drug-likeness (QED) is 0.864. The van der Waals surface area contributed by atoms with Gasteiger partial charge in [0.15, 0.2) is 11.4 Å². The second kappa shape index (κ2) is 5.66. The van der Waals surface area contributed by atoms with E-state index in [0.717, 1.165) is 16.3 Å². The molecule has 0 aliphatic carbocycles. The summed E-state index contributed by atoms with van der Waals surface area (Å²) in [6, 6.07) is 9.51. The highest BCUT2D eigenvalue weighted by atomic mass is 32.1. The van der Waals surface area contributed by atoms with E-state index < -0.39 is 5.60 Å². The summed E-state index contributed by atoms with van der Waals surface area (Å²) in [4.78, 5) is 20.4. The first-order valence-electron chi connectivity index (χ1n) is 8.71. The van der Waals surface area contributed by atoms with E-state index in [1.165, 1.54) is 11.3 Å². The Morgan fingerprint density at radius 1 is 1.27 bits per heavy atom. The number of ketones is 1. The molecule has 0 radical (unpaired) electrons. The number of anilines is 1. The van der Waals surface area contributed by atoms with Gasteiger partial charge >= 0.3 is 0 Å². The lowest BCUT2D eigenvalue weighted by Crippen LogP contribution is -2.48. The van der Waals surface area contributed by atoms with Gasteiger partial charge in [0, 0.05) is 23.5 Å². The Labute approximate surface area is 156 Å². The molecule has 6 heteroatoms. The summed E-state index contributed by atoms with van der Waals surface area (Å²) in [5.41, 5.74) is -0.357. The van der Waals surface area contributed by atoms with Crippen LogP contribution in [-0.2, 0) is 0 Å². The van der Waals surface area contributed by atoms with E-state index in [1.807, 2.05) is 62.9 Å². The lowest BCUT2D eigenvalue weighted by atomic mass is 9.90. The average molecular weight is 370 g/mol. The van der Waals surface area contributed by atoms with Gasteiger partial charge in [0.25, 0.3) is 0 Å². The van der Waals surface area contributed by atoms with Crippen molar-refractivity contribution in [1.29, 1.82) is 0 Å². The molecule has 2 aliphatic rings. The molecule has 1 aromatic carbocycles. The molecule has 1 unspecified atom stereocenters. The Balaban J connectivity index is 1.69. The van der Waals surface area contributed by atoms with Gasteiger partial charge in [-0.15, -0.1) is 11.3 Å². The first-order valence-corrected chi connectivity index (χ1v) is 9.52. The number of ether oxygens (including phenoxy) is 1. The number of benzene rings is 1. The largest absolute Gasteiger partial charge is 0.488 e. The first-order chi connectivity index (χ1) is 12.2. The average Bonchev–Trinajstić information content (AvgIpc) is 3.08. The third-order valence-electron chi connectivity index (χ3n) is 4.56. The highest BCUT2D eigenvalue weighted by Gasteiger charge is 2.52. The number of nitrogens with zero attached hydrogens (tertiary/aromatic N) is 2. The van der Waals surface area contributed by atoms with Crippen LogP contribution in [0.3, 0.4) is 0 Å². The van der Waals surface area contributed by atoms with E-state index in [4.69, 9.17) is 4.74 Å². The second-order valence-corrected chi connectivity index (χ2v) is 9.05. The van der Waals surface area contributed by atoms with Crippen molar-refractivity contribution in [2.75, 3.05) is 11.4 Å². The molecule has 1 saturated heterocycles. The maximum absolute atomic E-state index is 12.9. The van der Waals surface area contributed by atoms with Crippen LogP contribution >= 0.6 is 11.3 Å². The Morgan fingerprint density at radius 2 is 1.96 bits per heavy atom. The minimum absolute atomic E-state index is 0.239. The van der Waals surface area contributed by atoms with Gasteiger partial charge in [0.2, 0.25) is 5.78 Å². The molecular weight excluding hydrogens is 348 g/mol. The predicted molar refractivity (Wildman–Crippen MR) is 104 cm³/mol. The molecule has 0 saturated carbocycles. The lowest BCUT2D eigenvalue weighted by molar-refractivity contribution is 0.0603. The number of carbonyl (C=O) groups is 1. The van der Waals surface area contributed by atoms with E-state index in [1.54, 1.807) is 0 Å². The van der Waals surface area contributed by atoms with Gasteiger partial charge in [-0.05, 0) is 58.0 Å². The SMILES string of the molecule is Cc1cc2c(s1)N=C1N(c3ccc(OC(C)(C)C)cc3)CCC1(O)C2=O. The number of aryl methyl sites for hydroxylation is 1. The van der Waals surface area contributed by atoms with Crippen LogP contribution in [-0.4, -0.2) is 34.5 Å². The minimum Gasteiger partial charge on any atom is -0.488 e. The summed E-state index contributed by atoms with van der Waals surface area (Å²) in [7, 11) is 0. The smallest absolute Gasteiger partial charge is 0.205 e. The first kappa shape index (κ1) is 17.2. The lowest BCUT2D eigenvalue weighted by Gasteiger charge is -2.28. The van der Waals surface area contributed by atoms with E-state index in [9.17, 15) is 9.90 Å². The molecule has 1 fully saturated rings. The van der Waals surface area contributed by atoms with Crippen LogP contribution in [0.15, 0.2) is 35.3 Å². The summed E-state index contributed by atoms with van der Waals surface area (Å²) >= 11 is 1.48. The van der Waals surface area contributed by atoms with Crippen molar-refractivity contribution in [3.05, 3.63) is 40.8 Å². The monoisotopic (exact) mass is 370 g/mol. The maximum Gasteiger partial charge on any atom is 0.205 e. The van der Waals surface area contributed by atoms with Gasteiger partial charge in [0.05, 0.1) is 5.56 Å². The van der Waals surface area contributed by atoms with Gasteiger partial charge < -0.3 is 14.7 Å². The van der Waals surface area contributed by atoms with Crippen molar-refractivity contribution in [1.82, 2.24) is 0 Å². The molecule has 136 valence electrons. The van der Waals surface area contributed by atoms with E-state index in [0.29, 0.717) is 29.4 Å². The number of fused-ring (bicyclic) bond motifs is 2. The number of rotatable bonds is 2. The molecule has 4 rings (SSSR count). The zero-order chi connectivity index (χ0) is 18.7. The van der Waals surface area contributed by atoms with Crippen LogP contribution in [0.1, 0.15) is 42.4 Å². The summed E-state index contributed by atoms with van der Waals surface area (Å²) in [6.07, 6.45) is 0.346. The summed E-state index contributed by atoms with van der Waals surface area (Å²) in [5, 5.41) is 11.7. The number of carbonyl (C=O) groups excluding carboxylic acids is 1. The fraction of sp³-hybridized carbons (Fsp3) is 0.400. The zero-order valence-electron chi connectivity index (χ0n) is 15.4. The third kappa shape index (κ3) is 2.73. The molecule has 26 heavy (non-hydrogen) atoms. The summed E-state index contributed by atoms with van der Waals surface area (Å²) in [6.45, 7) is 8.51. The van der Waals surface area contributed by atoms with Crippen molar-refractivity contribution in [3.63, 3.8) is 0 Å². The predicted octanol–water partition coefficient (Wildman–Crippen LogP) is 4.10. The van der Waals surface area contributed by atoms with Gasteiger partial charge in [0.1, 0.15) is 16.4 Å². The number of aliphatic imine (C=N–C) groups is 1. The van der Waals surface area contributed by atoms with Gasteiger partial charge in [-0.3, -0.25) is 4.79 Å². The number of amidine groups is 1. The molecule has 0 amide bonds. The van der Waals surface area contributed by atoms with Gasteiger partial charge in [-0.25, -0.2) is 4.99 Å². The minimum atomic E-state index is -1.53. The molecule has 1 atom stereocenters. The Bertz CT molecular complexity index is 908. The molecule has 2 aromatic rings. The number of hydrogen-bond donors (Lipinski definition) is 1. The zero-order valence-corrected chi connectivity index (χ0v) is 16.2. The number of aliphatic hydroxyl groups is 1. The molecule has 3 heterocycles. The molecule has 1 aromatic heterocycles. The third-order valence-corrected chi connectivity index (χ3v) is 5.50.